The summed E-state index contributed by atoms with van der Waals surface area (Å²) in [6, 6.07) is 0. The molecule has 0 saturated carbocycles. The average Bonchev–Trinajstić information content (AvgIpc) is 2.43. The van der Waals surface area contributed by atoms with E-state index in [2.05, 4.69) is 6.92 Å². The number of hydrogen-bond acceptors (Lipinski definition) is 3. The summed E-state index contributed by atoms with van der Waals surface area (Å²) in [5.41, 5.74) is 0. The molecule has 0 heterocycles. The fourth-order valence-corrected chi connectivity index (χ4v) is 2.53. The Morgan fingerprint density at radius 2 is 1.38 bits per heavy atom. The van der Waals surface area contributed by atoms with Gasteiger partial charge in [0.15, 0.2) is 0 Å². The van der Waals surface area contributed by atoms with Gasteiger partial charge in [-0.15, -0.1) is 0 Å². The number of aliphatic carboxylic acids is 1. The van der Waals surface area contributed by atoms with E-state index < -0.39 is 12.2 Å². The number of carboxylic acids is 1. The molecule has 2 N–H and O–H groups in total. The minimum Gasteiger partial charge on any atom is -0.481 e. The van der Waals surface area contributed by atoms with Gasteiger partial charge < -0.3 is 10.2 Å². The molecule has 0 amide bonds. The highest BCUT2D eigenvalue weighted by Crippen LogP contribution is 2.11. The summed E-state index contributed by atoms with van der Waals surface area (Å²) < 4.78 is 0. The molecule has 1 unspecified atom stereocenters. The van der Waals surface area contributed by atoms with Crippen molar-refractivity contribution in [2.75, 3.05) is 13.1 Å². The summed E-state index contributed by atoms with van der Waals surface area (Å²) in [7, 11) is 0. The second-order valence-corrected chi connectivity index (χ2v) is 5.99. The van der Waals surface area contributed by atoms with E-state index in [0.717, 1.165) is 13.0 Å². The standard InChI is InChI=1S/C17H35NO3/c1-3-4-5-6-7-8-9-10-11-12-14-18(16(2)19)15-13-17(20)21/h16,19H,3-15H2,1-2H3,(H,20,21). The fraction of sp³-hybridized carbons (Fsp3) is 0.941. The minimum absolute atomic E-state index is 0.0999. The van der Waals surface area contributed by atoms with Gasteiger partial charge in [-0.05, 0) is 13.3 Å². The second kappa shape index (κ2) is 14.3. The topological polar surface area (TPSA) is 60.8 Å². The first-order valence-electron chi connectivity index (χ1n) is 8.71. The monoisotopic (exact) mass is 301 g/mol. The third-order valence-electron chi connectivity index (χ3n) is 3.94. The number of rotatable bonds is 15. The van der Waals surface area contributed by atoms with E-state index >= 15 is 0 Å². The van der Waals surface area contributed by atoms with Gasteiger partial charge in [-0.1, -0.05) is 64.7 Å². The van der Waals surface area contributed by atoms with Crippen molar-refractivity contribution in [1.82, 2.24) is 4.90 Å². The molecule has 0 spiro atoms. The van der Waals surface area contributed by atoms with Crippen molar-refractivity contribution in [3.8, 4) is 0 Å². The van der Waals surface area contributed by atoms with Gasteiger partial charge in [0, 0.05) is 13.1 Å². The lowest BCUT2D eigenvalue weighted by atomic mass is 10.1. The van der Waals surface area contributed by atoms with Crippen LogP contribution in [0.3, 0.4) is 0 Å². The SMILES string of the molecule is CCCCCCCCCCCCN(CCC(=O)O)C(C)O. The Bertz CT molecular complexity index is 244. The molecule has 0 aliphatic heterocycles. The van der Waals surface area contributed by atoms with Crippen molar-refractivity contribution in [1.29, 1.82) is 0 Å². The van der Waals surface area contributed by atoms with E-state index in [1.54, 1.807) is 6.92 Å². The molecule has 21 heavy (non-hydrogen) atoms. The Kier molecular flexibility index (Phi) is 13.9. The minimum atomic E-state index is -0.802. The van der Waals surface area contributed by atoms with Crippen LogP contribution in [0.15, 0.2) is 0 Å². The Morgan fingerprint density at radius 3 is 1.81 bits per heavy atom. The molecule has 0 fully saturated rings. The summed E-state index contributed by atoms with van der Waals surface area (Å²) in [4.78, 5) is 12.4. The van der Waals surface area contributed by atoms with Crippen molar-refractivity contribution in [2.45, 2.75) is 90.7 Å². The molecule has 0 bridgehead atoms. The first-order valence-corrected chi connectivity index (χ1v) is 8.71. The normalized spacial score (nSPS) is 12.8. The summed E-state index contributed by atoms with van der Waals surface area (Å²) >= 11 is 0. The van der Waals surface area contributed by atoms with Crippen LogP contribution < -0.4 is 0 Å². The molecule has 0 aliphatic rings. The molecule has 1 atom stereocenters. The van der Waals surface area contributed by atoms with Gasteiger partial charge in [0.2, 0.25) is 0 Å². The Hall–Kier alpha value is -0.610. The zero-order chi connectivity index (χ0) is 15.9. The number of aliphatic hydroxyl groups excluding tert-OH is 1. The van der Waals surface area contributed by atoms with Gasteiger partial charge in [0.25, 0.3) is 0 Å². The largest absolute Gasteiger partial charge is 0.481 e. The van der Waals surface area contributed by atoms with Gasteiger partial charge >= 0.3 is 5.97 Å². The van der Waals surface area contributed by atoms with Gasteiger partial charge in [-0.3, -0.25) is 9.69 Å². The van der Waals surface area contributed by atoms with Crippen molar-refractivity contribution >= 4 is 5.97 Å². The maximum Gasteiger partial charge on any atom is 0.304 e. The first kappa shape index (κ1) is 20.4. The molecular formula is C17H35NO3. The Balaban J connectivity index is 3.43. The Labute approximate surface area is 130 Å². The molecule has 0 radical (unpaired) electrons. The Morgan fingerprint density at radius 1 is 0.905 bits per heavy atom. The molecule has 126 valence electrons. The van der Waals surface area contributed by atoms with E-state index in [-0.39, 0.29) is 6.42 Å². The molecular weight excluding hydrogens is 266 g/mol. The molecule has 0 rings (SSSR count). The van der Waals surface area contributed by atoms with E-state index in [4.69, 9.17) is 5.11 Å². The molecule has 0 aromatic rings. The molecule has 0 saturated heterocycles. The van der Waals surface area contributed by atoms with Crippen LogP contribution in [0.25, 0.3) is 0 Å². The van der Waals surface area contributed by atoms with E-state index in [0.29, 0.717) is 6.54 Å². The molecule has 0 aromatic heterocycles. The predicted octanol–water partition coefficient (Wildman–Crippen LogP) is 4.02. The molecule has 0 aromatic carbocycles. The van der Waals surface area contributed by atoms with E-state index in [1.165, 1.54) is 57.8 Å². The van der Waals surface area contributed by atoms with Crippen LogP contribution in [0.1, 0.15) is 84.5 Å². The zero-order valence-electron chi connectivity index (χ0n) is 14.0. The average molecular weight is 301 g/mol. The number of aliphatic hydroxyl groups is 1. The molecule has 4 heteroatoms. The van der Waals surface area contributed by atoms with Gasteiger partial charge in [-0.2, -0.15) is 0 Å². The van der Waals surface area contributed by atoms with Gasteiger partial charge in [0.05, 0.1) is 6.42 Å². The lowest BCUT2D eigenvalue weighted by Crippen LogP contribution is -2.35. The maximum atomic E-state index is 10.6. The van der Waals surface area contributed by atoms with Gasteiger partial charge in [0.1, 0.15) is 6.23 Å². The van der Waals surface area contributed by atoms with Crippen LogP contribution in [-0.4, -0.2) is 40.4 Å². The predicted molar refractivity (Wildman–Crippen MR) is 87.4 cm³/mol. The summed E-state index contributed by atoms with van der Waals surface area (Å²) in [6.45, 7) is 5.18. The van der Waals surface area contributed by atoms with Crippen molar-refractivity contribution in [2.24, 2.45) is 0 Å². The van der Waals surface area contributed by atoms with Crippen LogP contribution in [0.4, 0.5) is 0 Å². The van der Waals surface area contributed by atoms with Crippen LogP contribution in [0.5, 0.6) is 0 Å². The fourth-order valence-electron chi connectivity index (χ4n) is 2.53. The lowest BCUT2D eigenvalue weighted by Gasteiger charge is -2.24. The van der Waals surface area contributed by atoms with Crippen molar-refractivity contribution in [3.63, 3.8) is 0 Å². The summed E-state index contributed by atoms with van der Waals surface area (Å²) in [6.07, 6.45) is 12.4. The lowest BCUT2D eigenvalue weighted by molar-refractivity contribution is -0.137. The van der Waals surface area contributed by atoms with Crippen LogP contribution in [0, 0.1) is 0 Å². The van der Waals surface area contributed by atoms with Crippen molar-refractivity contribution in [3.05, 3.63) is 0 Å². The quantitative estimate of drug-likeness (QED) is 0.354. The smallest absolute Gasteiger partial charge is 0.304 e. The number of unbranched alkanes of at least 4 members (excludes halogenated alkanes) is 9. The first-order chi connectivity index (χ1) is 10.1. The highest BCUT2D eigenvalue weighted by molar-refractivity contribution is 5.66. The summed E-state index contributed by atoms with van der Waals surface area (Å²) in [5, 5.41) is 18.3. The van der Waals surface area contributed by atoms with Gasteiger partial charge in [-0.25, -0.2) is 0 Å². The third kappa shape index (κ3) is 14.1. The van der Waals surface area contributed by atoms with Crippen molar-refractivity contribution < 1.29 is 15.0 Å². The van der Waals surface area contributed by atoms with Crippen LogP contribution >= 0.6 is 0 Å². The molecule has 0 aliphatic carbocycles. The highest BCUT2D eigenvalue weighted by atomic mass is 16.4. The zero-order valence-corrected chi connectivity index (χ0v) is 14.0. The van der Waals surface area contributed by atoms with E-state index in [1.807, 2.05) is 4.90 Å². The maximum absolute atomic E-state index is 10.6. The number of carbonyl (C=O) groups is 1. The molecule has 4 nitrogen and oxygen atoms in total. The number of hydrogen-bond donors (Lipinski definition) is 2. The van der Waals surface area contributed by atoms with E-state index in [9.17, 15) is 9.90 Å². The summed E-state index contributed by atoms with van der Waals surface area (Å²) in [5.74, 6) is -0.802. The van der Waals surface area contributed by atoms with Crippen LogP contribution in [0.2, 0.25) is 0 Å². The van der Waals surface area contributed by atoms with Crippen LogP contribution in [-0.2, 0) is 4.79 Å². The number of carboxylic acid groups (broad SMARTS) is 1. The third-order valence-corrected chi connectivity index (χ3v) is 3.94. The highest BCUT2D eigenvalue weighted by Gasteiger charge is 2.11. The second-order valence-electron chi connectivity index (χ2n) is 5.99. The number of nitrogens with zero attached hydrogens (tertiary/aromatic N) is 1.